The summed E-state index contributed by atoms with van der Waals surface area (Å²) in [6.07, 6.45) is 6.24. The highest BCUT2D eigenvalue weighted by atomic mass is 32.2. The molecule has 4 aromatic rings. The number of aromatic nitrogens is 3. The summed E-state index contributed by atoms with van der Waals surface area (Å²) in [5.74, 6) is 4.30. The van der Waals surface area contributed by atoms with Gasteiger partial charge in [-0.25, -0.2) is 23.6 Å². The van der Waals surface area contributed by atoms with Crippen LogP contribution >= 0.6 is 0 Å². The van der Waals surface area contributed by atoms with Crippen molar-refractivity contribution in [2.45, 2.75) is 63.3 Å². The number of halogens is 1. The van der Waals surface area contributed by atoms with E-state index in [1.807, 2.05) is 36.4 Å². The van der Waals surface area contributed by atoms with Gasteiger partial charge in [0.05, 0.1) is 28.8 Å². The summed E-state index contributed by atoms with van der Waals surface area (Å²) in [7, 11) is 1.51. The molecule has 0 spiro atoms. The van der Waals surface area contributed by atoms with E-state index in [0.717, 1.165) is 42.3 Å². The minimum Gasteiger partial charge on any atom is -0.351 e. The predicted octanol–water partition coefficient (Wildman–Crippen LogP) is 6.48. The molecule has 1 unspecified atom stereocenters. The molecule has 1 aliphatic carbocycles. The Morgan fingerprint density at radius 3 is 2.44 bits per heavy atom. The summed E-state index contributed by atoms with van der Waals surface area (Å²) in [4.78, 5) is 16.5. The zero-order valence-electron chi connectivity index (χ0n) is 24.2. The van der Waals surface area contributed by atoms with E-state index in [-0.39, 0.29) is 17.4 Å². The highest BCUT2D eigenvalue weighted by Gasteiger charge is 2.23. The van der Waals surface area contributed by atoms with Gasteiger partial charge in [0.15, 0.2) is 0 Å². The number of pyridine rings is 1. The molecule has 2 aromatic carbocycles. The van der Waals surface area contributed by atoms with Gasteiger partial charge in [-0.05, 0) is 80.9 Å². The van der Waals surface area contributed by atoms with Crippen LogP contribution in [-0.4, -0.2) is 56.1 Å². The third-order valence-electron chi connectivity index (χ3n) is 7.76. The van der Waals surface area contributed by atoms with Crippen LogP contribution < -0.4 is 10.0 Å². The normalized spacial score (nSPS) is 18.9. The number of nitrogens with one attached hydrogen (secondary N) is 2. The van der Waals surface area contributed by atoms with Crippen LogP contribution in [0.1, 0.15) is 56.6 Å². The largest absolute Gasteiger partial charge is 0.351 e. The maximum Gasteiger partial charge on any atom is 0.223 e. The lowest BCUT2D eigenvalue weighted by Crippen LogP contribution is -2.36. The second-order valence-corrected chi connectivity index (χ2v) is 13.6. The van der Waals surface area contributed by atoms with Crippen molar-refractivity contribution in [2.24, 2.45) is 0 Å². The quantitative estimate of drug-likeness (QED) is 0.223. The molecule has 2 heterocycles. The fourth-order valence-corrected chi connectivity index (χ4v) is 6.83. The standard InChI is InChI=1S/C32H39FN6OS/c1-21(2)26-18-29(23-11-16-28(27(33)17-23)38-41(5,40)20-22-9-7-6-8-10-22)36-30-19-34-32(37-31(26)30)35-24-12-14-25(15-13-24)39(3)4/h6-11,16-19,21,24-25H,5,12-15,20H2,1-4H3,(H,38,40)(H,34,35,37). The van der Waals surface area contributed by atoms with E-state index in [1.54, 1.807) is 18.3 Å². The van der Waals surface area contributed by atoms with E-state index in [2.05, 4.69) is 53.7 Å². The van der Waals surface area contributed by atoms with Crippen molar-refractivity contribution in [1.29, 1.82) is 0 Å². The molecule has 9 heteroatoms. The Hall–Kier alpha value is -3.56. The molecule has 1 fully saturated rings. The number of hydrogen-bond acceptors (Lipinski definition) is 6. The zero-order chi connectivity index (χ0) is 29.1. The monoisotopic (exact) mass is 574 g/mol. The van der Waals surface area contributed by atoms with Crippen LogP contribution in [0.25, 0.3) is 22.3 Å². The van der Waals surface area contributed by atoms with Crippen molar-refractivity contribution in [2.75, 3.05) is 24.1 Å². The molecule has 2 aromatic heterocycles. The van der Waals surface area contributed by atoms with E-state index in [9.17, 15) is 4.21 Å². The van der Waals surface area contributed by atoms with Gasteiger partial charge >= 0.3 is 0 Å². The van der Waals surface area contributed by atoms with Gasteiger partial charge in [-0.2, -0.15) is 0 Å². The summed E-state index contributed by atoms with van der Waals surface area (Å²) in [5.41, 5.74) is 4.77. The van der Waals surface area contributed by atoms with Crippen molar-refractivity contribution in [3.05, 3.63) is 77.7 Å². The van der Waals surface area contributed by atoms with Crippen LogP contribution in [0, 0.1) is 5.82 Å². The Bertz CT molecular complexity index is 1620. The van der Waals surface area contributed by atoms with Crippen molar-refractivity contribution >= 4 is 38.2 Å². The number of hydrogen-bond donors (Lipinski definition) is 2. The van der Waals surface area contributed by atoms with Crippen LogP contribution in [0.4, 0.5) is 16.0 Å². The van der Waals surface area contributed by atoms with Gasteiger partial charge < -0.3 is 14.9 Å². The predicted molar refractivity (Wildman–Crippen MR) is 169 cm³/mol. The number of anilines is 2. The van der Waals surface area contributed by atoms with Gasteiger partial charge in [-0.1, -0.05) is 50.2 Å². The lowest BCUT2D eigenvalue weighted by Gasteiger charge is -2.32. The van der Waals surface area contributed by atoms with Gasteiger partial charge in [0, 0.05) is 27.4 Å². The summed E-state index contributed by atoms with van der Waals surface area (Å²) < 4.78 is 31.1. The molecule has 0 radical (unpaired) electrons. The Morgan fingerprint density at radius 1 is 1.05 bits per heavy atom. The molecule has 1 aliphatic rings. The van der Waals surface area contributed by atoms with E-state index >= 15 is 4.39 Å². The minimum absolute atomic E-state index is 0.146. The average molecular weight is 575 g/mol. The smallest absolute Gasteiger partial charge is 0.223 e. The van der Waals surface area contributed by atoms with E-state index in [4.69, 9.17) is 9.97 Å². The van der Waals surface area contributed by atoms with Crippen molar-refractivity contribution < 1.29 is 8.60 Å². The highest BCUT2D eigenvalue weighted by Crippen LogP contribution is 2.31. The maximum absolute atomic E-state index is 15.2. The first-order valence-electron chi connectivity index (χ1n) is 14.1. The Morgan fingerprint density at radius 2 is 1.78 bits per heavy atom. The van der Waals surface area contributed by atoms with Crippen molar-refractivity contribution in [3.63, 3.8) is 0 Å². The molecule has 41 heavy (non-hydrogen) atoms. The van der Waals surface area contributed by atoms with Crippen LogP contribution in [0.2, 0.25) is 0 Å². The fourth-order valence-electron chi connectivity index (χ4n) is 5.46. The Balaban J connectivity index is 1.36. The molecule has 1 saturated carbocycles. The van der Waals surface area contributed by atoms with Crippen molar-refractivity contribution in [1.82, 2.24) is 19.9 Å². The third-order valence-corrected chi connectivity index (χ3v) is 9.15. The second-order valence-electron chi connectivity index (χ2n) is 11.5. The van der Waals surface area contributed by atoms with Gasteiger partial charge in [0.2, 0.25) is 5.95 Å². The maximum atomic E-state index is 15.2. The second kappa shape index (κ2) is 12.1. The van der Waals surface area contributed by atoms with Crippen LogP contribution in [0.15, 0.2) is 60.8 Å². The van der Waals surface area contributed by atoms with E-state index in [0.29, 0.717) is 34.8 Å². The van der Waals surface area contributed by atoms with Crippen molar-refractivity contribution in [3.8, 4) is 11.3 Å². The van der Waals surface area contributed by atoms with Gasteiger partial charge in [0.1, 0.15) is 11.3 Å². The molecule has 2 N–H and O–H groups in total. The number of benzene rings is 2. The van der Waals surface area contributed by atoms with E-state index in [1.165, 1.54) is 6.07 Å². The first-order chi connectivity index (χ1) is 19.6. The first kappa shape index (κ1) is 29.0. The van der Waals surface area contributed by atoms with Gasteiger partial charge in [-0.3, -0.25) is 0 Å². The molecule has 0 aliphatic heterocycles. The summed E-state index contributed by atoms with van der Waals surface area (Å²) >= 11 is 0. The van der Waals surface area contributed by atoms with Crippen LogP contribution in [-0.2, 0) is 15.5 Å². The summed E-state index contributed by atoms with van der Waals surface area (Å²) in [6.45, 7) is 4.23. The zero-order valence-corrected chi connectivity index (χ0v) is 25.0. The lowest BCUT2D eigenvalue weighted by molar-refractivity contribution is 0.221. The Labute approximate surface area is 242 Å². The molecule has 0 bridgehead atoms. The molecule has 1 atom stereocenters. The molecular formula is C32H39FN6OS. The van der Waals surface area contributed by atoms with Crippen LogP contribution in [0.3, 0.4) is 0 Å². The topological polar surface area (TPSA) is 83.0 Å². The molecular weight excluding hydrogens is 535 g/mol. The lowest BCUT2D eigenvalue weighted by atomic mass is 9.90. The summed E-state index contributed by atoms with van der Waals surface area (Å²) in [6, 6.07) is 17.2. The SMILES string of the molecule is C=S(=O)(Cc1ccccc1)Nc1ccc(-c2cc(C(C)C)c3nc(NC4CCC(N(C)C)CC4)ncc3n2)cc1F. The van der Waals surface area contributed by atoms with Gasteiger partial charge in [0.25, 0.3) is 0 Å². The Kier molecular flexibility index (Phi) is 8.56. The minimum atomic E-state index is -2.79. The molecule has 0 amide bonds. The van der Waals surface area contributed by atoms with E-state index < -0.39 is 15.5 Å². The fraction of sp³-hybridized carbons (Fsp3) is 0.375. The highest BCUT2D eigenvalue weighted by molar-refractivity contribution is 8.00. The van der Waals surface area contributed by atoms with Gasteiger partial charge in [-0.15, -0.1) is 0 Å². The summed E-state index contributed by atoms with van der Waals surface area (Å²) in [5, 5.41) is 3.54. The third kappa shape index (κ3) is 7.02. The average Bonchev–Trinajstić information content (AvgIpc) is 2.94. The molecule has 216 valence electrons. The first-order valence-corrected chi connectivity index (χ1v) is 16.0. The molecule has 0 saturated heterocycles. The molecule has 5 rings (SSSR count). The van der Waals surface area contributed by atoms with Crippen LogP contribution in [0.5, 0.6) is 0 Å². The number of rotatable bonds is 9. The number of fused-ring (bicyclic) bond motifs is 1. The molecule has 7 nitrogen and oxygen atoms in total. The number of nitrogens with zero attached hydrogens (tertiary/aromatic N) is 4.